The predicted molar refractivity (Wildman–Crippen MR) is 96.7 cm³/mol. The zero-order chi connectivity index (χ0) is 16.2. The minimum atomic E-state index is 0. The molecule has 0 radical (unpaired) electrons. The number of nitrogens with zero attached hydrogens (tertiary/aromatic N) is 4. The molecule has 2 heterocycles. The molecule has 1 N–H and O–H groups in total. The molecule has 24 heavy (non-hydrogen) atoms. The Kier molecular flexibility index (Phi) is 6.60. The van der Waals surface area contributed by atoms with E-state index in [1.54, 1.807) is 7.11 Å². The highest BCUT2D eigenvalue weighted by Gasteiger charge is 2.27. The molecule has 1 aromatic carbocycles. The van der Waals surface area contributed by atoms with Crippen molar-refractivity contribution >= 4 is 12.4 Å². The van der Waals surface area contributed by atoms with Gasteiger partial charge in [0.2, 0.25) is 0 Å². The average molecular weight is 352 g/mol. The van der Waals surface area contributed by atoms with E-state index >= 15 is 0 Å². The first-order valence-corrected chi connectivity index (χ1v) is 8.21. The molecule has 1 atom stereocenters. The van der Waals surface area contributed by atoms with Crippen LogP contribution in [0.5, 0.6) is 5.75 Å². The van der Waals surface area contributed by atoms with Crippen molar-refractivity contribution in [2.24, 2.45) is 0 Å². The van der Waals surface area contributed by atoms with Gasteiger partial charge in [-0.15, -0.1) is 22.6 Å². The second-order valence-corrected chi connectivity index (χ2v) is 5.84. The fourth-order valence-electron chi connectivity index (χ4n) is 3.32. The van der Waals surface area contributed by atoms with Gasteiger partial charge in [0.05, 0.1) is 19.7 Å². The number of piperazine rings is 1. The Bertz CT molecular complexity index is 660. The van der Waals surface area contributed by atoms with E-state index in [1.807, 2.05) is 19.1 Å². The van der Waals surface area contributed by atoms with E-state index in [-0.39, 0.29) is 18.4 Å². The van der Waals surface area contributed by atoms with Gasteiger partial charge in [-0.05, 0) is 19.9 Å². The van der Waals surface area contributed by atoms with Gasteiger partial charge < -0.3 is 14.6 Å². The molecule has 6 nitrogen and oxygen atoms in total. The average Bonchev–Trinajstić information content (AvgIpc) is 2.95. The van der Waals surface area contributed by atoms with Gasteiger partial charge in [-0.1, -0.05) is 18.2 Å². The summed E-state index contributed by atoms with van der Waals surface area (Å²) in [5.74, 6) is 2.96. The molecule has 7 heteroatoms. The molecule has 1 aliphatic heterocycles. The fourth-order valence-corrected chi connectivity index (χ4v) is 3.32. The second kappa shape index (κ2) is 8.46. The van der Waals surface area contributed by atoms with E-state index in [4.69, 9.17) is 4.74 Å². The van der Waals surface area contributed by atoms with Crippen LogP contribution in [0.3, 0.4) is 0 Å². The first-order chi connectivity index (χ1) is 11.2. The van der Waals surface area contributed by atoms with E-state index < -0.39 is 0 Å². The number of para-hydroxylation sites is 1. The maximum atomic E-state index is 5.56. The monoisotopic (exact) mass is 351 g/mol. The van der Waals surface area contributed by atoms with Crippen molar-refractivity contribution in [3.8, 4) is 5.75 Å². The predicted octanol–water partition coefficient (Wildman–Crippen LogP) is 2.18. The lowest BCUT2D eigenvalue weighted by molar-refractivity contribution is 0.145. The van der Waals surface area contributed by atoms with Crippen LogP contribution in [0.1, 0.15) is 30.2 Å². The molecule has 1 aromatic heterocycles. The first kappa shape index (κ1) is 18.7. The fraction of sp³-hybridized carbons (Fsp3) is 0.529. The molecular formula is C17H26ClN5O. The van der Waals surface area contributed by atoms with E-state index in [0.29, 0.717) is 0 Å². The van der Waals surface area contributed by atoms with Gasteiger partial charge >= 0.3 is 0 Å². The second-order valence-electron chi connectivity index (χ2n) is 5.84. The van der Waals surface area contributed by atoms with Crippen LogP contribution in [0.4, 0.5) is 0 Å². The summed E-state index contributed by atoms with van der Waals surface area (Å²) in [5, 5.41) is 12.1. The van der Waals surface area contributed by atoms with E-state index in [0.717, 1.165) is 50.1 Å². The lowest BCUT2D eigenvalue weighted by atomic mass is 10.0. The van der Waals surface area contributed by atoms with Gasteiger partial charge in [-0.3, -0.25) is 4.90 Å². The smallest absolute Gasteiger partial charge is 0.147 e. The van der Waals surface area contributed by atoms with Crippen molar-refractivity contribution in [2.45, 2.75) is 33.0 Å². The molecule has 2 aromatic rings. The Morgan fingerprint density at radius 1 is 1.29 bits per heavy atom. The van der Waals surface area contributed by atoms with E-state index in [9.17, 15) is 0 Å². The third-order valence-electron chi connectivity index (χ3n) is 4.53. The maximum absolute atomic E-state index is 5.56. The van der Waals surface area contributed by atoms with Crippen molar-refractivity contribution in [3.63, 3.8) is 0 Å². The molecule has 0 aliphatic carbocycles. The van der Waals surface area contributed by atoms with Crippen molar-refractivity contribution in [1.29, 1.82) is 0 Å². The molecule has 0 spiro atoms. The standard InChI is InChI=1S/C17H25N5O.ClH/c1-4-22-13(2)19-20-17(22)12-21-10-9-18-11-15(21)14-7-5-6-8-16(14)23-3;/h5-8,15,18H,4,9-12H2,1-3H3;1H. The molecule has 3 rings (SSSR count). The van der Waals surface area contributed by atoms with Gasteiger partial charge in [0.1, 0.15) is 17.4 Å². The Balaban J connectivity index is 0.00000208. The summed E-state index contributed by atoms with van der Waals surface area (Å²) in [6.07, 6.45) is 0. The van der Waals surface area contributed by atoms with Gasteiger partial charge in [0.25, 0.3) is 0 Å². The van der Waals surface area contributed by atoms with E-state index in [1.165, 1.54) is 5.56 Å². The Morgan fingerprint density at radius 2 is 2.08 bits per heavy atom. The van der Waals surface area contributed by atoms with Gasteiger partial charge in [0, 0.05) is 31.7 Å². The topological polar surface area (TPSA) is 55.2 Å². The molecule has 0 bridgehead atoms. The molecule has 0 amide bonds. The van der Waals surface area contributed by atoms with Crippen LogP contribution in [0, 0.1) is 6.92 Å². The van der Waals surface area contributed by atoms with Gasteiger partial charge in [0.15, 0.2) is 0 Å². The van der Waals surface area contributed by atoms with Crippen LogP contribution in [0.2, 0.25) is 0 Å². The minimum Gasteiger partial charge on any atom is -0.496 e. The molecule has 1 fully saturated rings. The first-order valence-electron chi connectivity index (χ1n) is 8.21. The van der Waals surface area contributed by atoms with Crippen LogP contribution in [0.25, 0.3) is 0 Å². The summed E-state index contributed by atoms with van der Waals surface area (Å²) in [5.41, 5.74) is 1.22. The van der Waals surface area contributed by atoms with Crippen molar-refractivity contribution < 1.29 is 4.74 Å². The summed E-state index contributed by atoms with van der Waals surface area (Å²) < 4.78 is 7.74. The quantitative estimate of drug-likeness (QED) is 0.894. The van der Waals surface area contributed by atoms with Gasteiger partial charge in [-0.25, -0.2) is 0 Å². The van der Waals surface area contributed by atoms with Gasteiger partial charge in [-0.2, -0.15) is 0 Å². The van der Waals surface area contributed by atoms with Crippen LogP contribution in [-0.4, -0.2) is 46.4 Å². The molecule has 132 valence electrons. The summed E-state index contributed by atoms with van der Waals surface area (Å²) in [6.45, 7) is 8.74. The maximum Gasteiger partial charge on any atom is 0.147 e. The molecule has 1 saturated heterocycles. The number of methoxy groups -OCH3 is 1. The zero-order valence-electron chi connectivity index (χ0n) is 14.5. The lowest BCUT2D eigenvalue weighted by Crippen LogP contribution is -2.46. The number of benzene rings is 1. The normalized spacial score (nSPS) is 18.2. The minimum absolute atomic E-state index is 0. The number of hydrogen-bond acceptors (Lipinski definition) is 5. The molecular weight excluding hydrogens is 326 g/mol. The van der Waals surface area contributed by atoms with Crippen molar-refractivity contribution in [2.75, 3.05) is 26.7 Å². The number of nitrogens with one attached hydrogen (secondary N) is 1. The summed E-state index contributed by atoms with van der Waals surface area (Å²) in [7, 11) is 1.73. The number of ether oxygens (including phenoxy) is 1. The van der Waals surface area contributed by atoms with Crippen LogP contribution in [-0.2, 0) is 13.1 Å². The van der Waals surface area contributed by atoms with Crippen LogP contribution in [0.15, 0.2) is 24.3 Å². The number of rotatable bonds is 5. The summed E-state index contributed by atoms with van der Waals surface area (Å²) in [4.78, 5) is 2.46. The molecule has 1 unspecified atom stereocenters. The number of aryl methyl sites for hydroxylation is 1. The Labute approximate surface area is 149 Å². The Hall–Kier alpha value is -1.63. The Morgan fingerprint density at radius 3 is 2.83 bits per heavy atom. The highest BCUT2D eigenvalue weighted by molar-refractivity contribution is 5.85. The summed E-state index contributed by atoms with van der Waals surface area (Å²) in [6, 6.07) is 8.55. The van der Waals surface area contributed by atoms with Crippen LogP contribution < -0.4 is 10.1 Å². The number of halogens is 1. The van der Waals surface area contributed by atoms with Crippen molar-refractivity contribution in [3.05, 3.63) is 41.5 Å². The zero-order valence-corrected chi connectivity index (χ0v) is 15.3. The summed E-state index contributed by atoms with van der Waals surface area (Å²) >= 11 is 0. The highest BCUT2D eigenvalue weighted by atomic mass is 35.5. The highest BCUT2D eigenvalue weighted by Crippen LogP contribution is 2.30. The molecule has 0 saturated carbocycles. The van der Waals surface area contributed by atoms with E-state index in [2.05, 4.69) is 44.0 Å². The third-order valence-corrected chi connectivity index (χ3v) is 4.53. The lowest BCUT2D eigenvalue weighted by Gasteiger charge is -2.36. The van der Waals surface area contributed by atoms with Crippen molar-refractivity contribution in [1.82, 2.24) is 25.0 Å². The SMILES string of the molecule is CCn1c(C)nnc1CN1CCNCC1c1ccccc1OC.Cl. The number of aromatic nitrogens is 3. The number of hydrogen-bond donors (Lipinski definition) is 1. The third kappa shape index (κ3) is 3.71. The largest absolute Gasteiger partial charge is 0.496 e. The van der Waals surface area contributed by atoms with Crippen LogP contribution >= 0.6 is 12.4 Å². The molecule has 1 aliphatic rings.